The smallest absolute Gasteiger partial charge is 0.277 e. The fourth-order valence-corrected chi connectivity index (χ4v) is 4.02. The van der Waals surface area contributed by atoms with Crippen molar-refractivity contribution < 1.29 is 4.79 Å². The molecule has 4 nitrogen and oxygen atoms in total. The Kier molecular flexibility index (Phi) is 4.22. The van der Waals surface area contributed by atoms with Gasteiger partial charge in [-0.05, 0) is 36.8 Å². The van der Waals surface area contributed by atoms with E-state index in [1.807, 2.05) is 90.7 Å². The molecule has 1 atom stereocenters. The van der Waals surface area contributed by atoms with Gasteiger partial charge < -0.3 is 0 Å². The van der Waals surface area contributed by atoms with Crippen LogP contribution in [0.1, 0.15) is 33.2 Å². The molecule has 1 aliphatic heterocycles. The molecule has 5 heteroatoms. The van der Waals surface area contributed by atoms with Crippen molar-refractivity contribution in [2.45, 2.75) is 13.0 Å². The largest absolute Gasteiger partial charge is 0.295 e. The van der Waals surface area contributed by atoms with E-state index in [0.29, 0.717) is 10.7 Å². The molecule has 1 aromatic heterocycles. The zero-order valence-corrected chi connectivity index (χ0v) is 16.5. The third kappa shape index (κ3) is 2.93. The fourth-order valence-electron chi connectivity index (χ4n) is 3.90. The van der Waals surface area contributed by atoms with Gasteiger partial charge in [0.15, 0.2) is 0 Å². The number of benzene rings is 3. The van der Waals surface area contributed by atoms with Crippen LogP contribution in [0.5, 0.6) is 0 Å². The molecule has 0 spiro atoms. The van der Waals surface area contributed by atoms with Crippen LogP contribution in [0.2, 0.25) is 5.02 Å². The van der Waals surface area contributed by atoms with Crippen molar-refractivity contribution in [2.24, 2.45) is 0 Å². The zero-order valence-electron chi connectivity index (χ0n) is 15.8. The molecule has 4 aromatic rings. The predicted molar refractivity (Wildman–Crippen MR) is 115 cm³/mol. The van der Waals surface area contributed by atoms with Crippen molar-refractivity contribution >= 4 is 23.2 Å². The van der Waals surface area contributed by atoms with Gasteiger partial charge in [-0.25, -0.2) is 0 Å². The highest BCUT2D eigenvalue weighted by molar-refractivity contribution is 6.30. The lowest BCUT2D eigenvalue weighted by atomic mass is 9.96. The van der Waals surface area contributed by atoms with Crippen LogP contribution >= 0.6 is 11.6 Å². The number of hydrogen-bond donors (Lipinski definition) is 1. The van der Waals surface area contributed by atoms with E-state index in [9.17, 15) is 4.79 Å². The minimum absolute atomic E-state index is 0.0847. The average molecular weight is 400 g/mol. The van der Waals surface area contributed by atoms with Gasteiger partial charge in [0, 0.05) is 21.8 Å². The van der Waals surface area contributed by atoms with Crippen molar-refractivity contribution in [3.05, 3.63) is 106 Å². The predicted octanol–water partition coefficient (Wildman–Crippen LogP) is 5.79. The topological polar surface area (TPSA) is 49.0 Å². The second kappa shape index (κ2) is 6.90. The molecule has 0 saturated heterocycles. The van der Waals surface area contributed by atoms with E-state index >= 15 is 0 Å². The van der Waals surface area contributed by atoms with Gasteiger partial charge in [-0.3, -0.25) is 14.8 Å². The third-order valence-electron chi connectivity index (χ3n) is 5.31. The van der Waals surface area contributed by atoms with Crippen LogP contribution in [0.15, 0.2) is 78.9 Å². The minimum atomic E-state index is -0.286. The van der Waals surface area contributed by atoms with Gasteiger partial charge in [-0.2, -0.15) is 5.10 Å². The Morgan fingerprint density at radius 1 is 0.931 bits per heavy atom. The first-order chi connectivity index (χ1) is 14.1. The van der Waals surface area contributed by atoms with Gasteiger partial charge in [0.2, 0.25) is 0 Å². The average Bonchev–Trinajstić information content (AvgIpc) is 3.29. The summed E-state index contributed by atoms with van der Waals surface area (Å²) in [5.74, 6) is -0.0847. The number of hydrogen-bond acceptors (Lipinski definition) is 2. The van der Waals surface area contributed by atoms with Gasteiger partial charge in [0.25, 0.3) is 5.91 Å². The number of nitrogens with zero attached hydrogens (tertiary/aromatic N) is 2. The molecule has 5 rings (SSSR count). The maximum atomic E-state index is 13.4. The first-order valence-electron chi connectivity index (χ1n) is 9.43. The highest BCUT2D eigenvalue weighted by atomic mass is 35.5. The Morgan fingerprint density at radius 2 is 1.62 bits per heavy atom. The van der Waals surface area contributed by atoms with E-state index in [-0.39, 0.29) is 11.9 Å². The number of aromatic amines is 1. The van der Waals surface area contributed by atoms with Crippen LogP contribution in [0.3, 0.4) is 0 Å². The number of H-pyrrole nitrogens is 1. The summed E-state index contributed by atoms with van der Waals surface area (Å²) in [6.45, 7) is 2.03. The molecule has 1 amide bonds. The number of fused-ring (bicyclic) bond motifs is 1. The van der Waals surface area contributed by atoms with Crippen LogP contribution in [0.25, 0.3) is 11.3 Å². The summed E-state index contributed by atoms with van der Waals surface area (Å²) < 4.78 is 0. The highest BCUT2D eigenvalue weighted by Crippen LogP contribution is 2.45. The van der Waals surface area contributed by atoms with Crippen LogP contribution in [-0.2, 0) is 0 Å². The number of aromatic nitrogens is 2. The maximum Gasteiger partial charge on any atom is 0.277 e. The lowest BCUT2D eigenvalue weighted by Crippen LogP contribution is -2.29. The molecule has 142 valence electrons. The number of nitrogens with one attached hydrogen (secondary N) is 1. The van der Waals surface area contributed by atoms with E-state index in [2.05, 4.69) is 10.2 Å². The van der Waals surface area contributed by atoms with E-state index in [1.165, 1.54) is 0 Å². The number of anilines is 1. The summed E-state index contributed by atoms with van der Waals surface area (Å²) in [5.41, 5.74) is 6.18. The Hall–Kier alpha value is -3.37. The Bertz CT molecular complexity index is 1180. The van der Waals surface area contributed by atoms with Crippen LogP contribution < -0.4 is 4.90 Å². The van der Waals surface area contributed by atoms with E-state index in [0.717, 1.165) is 33.6 Å². The first kappa shape index (κ1) is 17.7. The van der Waals surface area contributed by atoms with E-state index < -0.39 is 0 Å². The number of carbonyl (C=O) groups excluding carboxylic acids is 1. The number of amides is 1. The summed E-state index contributed by atoms with van der Waals surface area (Å²) in [4.78, 5) is 15.2. The van der Waals surface area contributed by atoms with Gasteiger partial charge in [0.1, 0.15) is 5.69 Å². The monoisotopic (exact) mass is 399 g/mol. The van der Waals surface area contributed by atoms with Gasteiger partial charge >= 0.3 is 0 Å². The summed E-state index contributed by atoms with van der Waals surface area (Å²) in [6, 6.07) is 25.3. The lowest BCUT2D eigenvalue weighted by molar-refractivity contribution is 0.0989. The standard InChI is InChI=1S/C24H18ClN3O/c1-15-7-13-19(14-8-15)28-23(17-9-11-18(25)12-10-17)20-21(16-5-3-2-4-6-16)26-27-22(20)24(28)29/h2-14,23H,1H3,(H,26,27)/t23-/m0/s1. The van der Waals surface area contributed by atoms with Gasteiger partial charge in [-0.1, -0.05) is 71.8 Å². The molecule has 1 N–H and O–H groups in total. The van der Waals surface area contributed by atoms with E-state index in [1.54, 1.807) is 0 Å². The summed E-state index contributed by atoms with van der Waals surface area (Å²) >= 11 is 6.13. The van der Waals surface area contributed by atoms with Crippen LogP contribution in [0, 0.1) is 6.92 Å². The third-order valence-corrected chi connectivity index (χ3v) is 5.57. The Labute approximate surface area is 173 Å². The lowest BCUT2D eigenvalue weighted by Gasteiger charge is -2.26. The summed E-state index contributed by atoms with van der Waals surface area (Å²) in [5, 5.41) is 8.15. The molecule has 0 bridgehead atoms. The van der Waals surface area contributed by atoms with E-state index in [4.69, 9.17) is 11.6 Å². The number of halogens is 1. The first-order valence-corrected chi connectivity index (χ1v) is 9.80. The molecule has 0 unspecified atom stereocenters. The fraction of sp³-hybridized carbons (Fsp3) is 0.0833. The zero-order chi connectivity index (χ0) is 20.0. The SMILES string of the molecule is Cc1ccc(N2C(=O)c3[nH]nc(-c4ccccc4)c3[C@@H]2c2ccc(Cl)cc2)cc1. The molecule has 0 radical (unpaired) electrons. The van der Waals surface area contributed by atoms with Crippen molar-refractivity contribution in [1.82, 2.24) is 10.2 Å². The molecule has 2 heterocycles. The normalized spacial score (nSPS) is 15.6. The molecule has 0 saturated carbocycles. The number of aryl methyl sites for hydroxylation is 1. The Morgan fingerprint density at radius 3 is 2.31 bits per heavy atom. The second-order valence-corrected chi connectivity index (χ2v) is 7.63. The van der Waals surface area contributed by atoms with Crippen molar-refractivity contribution in [2.75, 3.05) is 4.90 Å². The van der Waals surface area contributed by atoms with Crippen molar-refractivity contribution in [3.63, 3.8) is 0 Å². The summed E-state index contributed by atoms with van der Waals surface area (Å²) in [6.07, 6.45) is 0. The van der Waals surface area contributed by atoms with Crippen molar-refractivity contribution in [1.29, 1.82) is 0 Å². The van der Waals surface area contributed by atoms with Gasteiger partial charge in [0.05, 0.1) is 11.7 Å². The van der Waals surface area contributed by atoms with Crippen LogP contribution in [-0.4, -0.2) is 16.1 Å². The van der Waals surface area contributed by atoms with Crippen LogP contribution in [0.4, 0.5) is 5.69 Å². The second-order valence-electron chi connectivity index (χ2n) is 7.19. The molecule has 0 aliphatic carbocycles. The quantitative estimate of drug-likeness (QED) is 0.474. The molecule has 0 fully saturated rings. The molecule has 3 aromatic carbocycles. The maximum absolute atomic E-state index is 13.4. The molecular formula is C24H18ClN3O. The number of carbonyl (C=O) groups is 1. The molecule has 1 aliphatic rings. The Balaban J connectivity index is 1.72. The van der Waals surface area contributed by atoms with Crippen molar-refractivity contribution in [3.8, 4) is 11.3 Å². The molecular weight excluding hydrogens is 382 g/mol. The summed E-state index contributed by atoms with van der Waals surface area (Å²) in [7, 11) is 0. The molecule has 29 heavy (non-hydrogen) atoms. The van der Waals surface area contributed by atoms with Gasteiger partial charge in [-0.15, -0.1) is 0 Å². The minimum Gasteiger partial charge on any atom is -0.295 e. The number of rotatable bonds is 3. The highest BCUT2D eigenvalue weighted by Gasteiger charge is 2.43.